The molecule has 0 radical (unpaired) electrons. The zero-order valence-electron chi connectivity index (χ0n) is 7.64. The minimum absolute atomic E-state index is 0.174. The van der Waals surface area contributed by atoms with Gasteiger partial charge in [-0.3, -0.25) is 9.59 Å². The lowest BCUT2D eigenvalue weighted by Crippen LogP contribution is -2.52. The summed E-state index contributed by atoms with van der Waals surface area (Å²) in [7, 11) is 0. The molecule has 6 heteroatoms. The lowest BCUT2D eigenvalue weighted by atomic mass is 10.0. The number of carbonyl (C=O) groups excluding carboxylic acids is 1. The number of thiophene rings is 1. The second kappa shape index (κ2) is 3.83. The van der Waals surface area contributed by atoms with Gasteiger partial charge in [-0.05, 0) is 11.4 Å². The fourth-order valence-corrected chi connectivity index (χ4v) is 2.49. The Morgan fingerprint density at radius 1 is 1.53 bits per heavy atom. The van der Waals surface area contributed by atoms with Crippen LogP contribution in [0.5, 0.6) is 0 Å². The zero-order chi connectivity index (χ0) is 11.0. The summed E-state index contributed by atoms with van der Waals surface area (Å²) < 4.78 is 0. The van der Waals surface area contributed by atoms with Crippen molar-refractivity contribution < 1.29 is 14.7 Å². The van der Waals surface area contributed by atoms with Gasteiger partial charge in [0.05, 0.1) is 10.9 Å². The smallest absolute Gasteiger partial charge is 0.310 e. The zero-order valence-corrected chi connectivity index (χ0v) is 9.22. The molecule has 1 aromatic heterocycles. The van der Waals surface area contributed by atoms with E-state index in [2.05, 4.69) is 0 Å². The molecule has 1 aliphatic heterocycles. The summed E-state index contributed by atoms with van der Waals surface area (Å²) in [5.41, 5.74) is 0. The topological polar surface area (TPSA) is 57.6 Å². The standard InChI is InChI=1S/C9H8ClNO3S/c10-6-1-2-15-7(6)8(12)11-3-5(4-11)9(13)14/h1-2,5H,3-4H2,(H,13,14). The van der Waals surface area contributed by atoms with Crippen molar-refractivity contribution in [3.05, 3.63) is 21.3 Å². The highest BCUT2D eigenvalue weighted by Crippen LogP contribution is 2.26. The SMILES string of the molecule is O=C(O)C1CN(C(=O)c2sccc2Cl)C1. The van der Waals surface area contributed by atoms with Gasteiger partial charge in [-0.15, -0.1) is 11.3 Å². The first kappa shape index (κ1) is 10.4. The van der Waals surface area contributed by atoms with E-state index in [-0.39, 0.29) is 19.0 Å². The van der Waals surface area contributed by atoms with Gasteiger partial charge in [0.15, 0.2) is 0 Å². The van der Waals surface area contributed by atoms with Crippen molar-refractivity contribution in [1.82, 2.24) is 4.90 Å². The van der Waals surface area contributed by atoms with Crippen LogP contribution in [0.2, 0.25) is 5.02 Å². The first-order valence-corrected chi connectivity index (χ1v) is 5.60. The molecule has 0 spiro atoms. The summed E-state index contributed by atoms with van der Waals surface area (Å²) in [5, 5.41) is 10.8. The Hall–Kier alpha value is -1.07. The van der Waals surface area contributed by atoms with Crippen LogP contribution < -0.4 is 0 Å². The number of likely N-dealkylation sites (tertiary alicyclic amines) is 1. The third-order valence-corrected chi connectivity index (χ3v) is 3.66. The van der Waals surface area contributed by atoms with Crippen LogP contribution in [-0.4, -0.2) is 35.0 Å². The highest BCUT2D eigenvalue weighted by molar-refractivity contribution is 7.12. The number of hydrogen-bond donors (Lipinski definition) is 1. The fourth-order valence-electron chi connectivity index (χ4n) is 1.39. The molecule has 0 atom stereocenters. The summed E-state index contributed by atoms with van der Waals surface area (Å²) in [6.07, 6.45) is 0. The molecule has 1 aliphatic rings. The Bertz CT molecular complexity index is 411. The third kappa shape index (κ3) is 1.85. The molecule has 1 amide bonds. The van der Waals surface area contributed by atoms with Crippen LogP contribution in [0.1, 0.15) is 9.67 Å². The van der Waals surface area contributed by atoms with Gasteiger partial charge in [0.25, 0.3) is 5.91 Å². The van der Waals surface area contributed by atoms with Gasteiger partial charge < -0.3 is 10.0 Å². The predicted octanol–water partition coefficient (Wildman–Crippen LogP) is 1.56. The minimum Gasteiger partial charge on any atom is -0.481 e. The molecule has 0 aromatic carbocycles. The van der Waals surface area contributed by atoms with Crippen molar-refractivity contribution in [2.75, 3.05) is 13.1 Å². The van der Waals surface area contributed by atoms with Gasteiger partial charge in [-0.25, -0.2) is 0 Å². The van der Waals surface area contributed by atoms with E-state index in [1.54, 1.807) is 11.4 Å². The molecule has 4 nitrogen and oxygen atoms in total. The lowest BCUT2D eigenvalue weighted by Gasteiger charge is -2.36. The van der Waals surface area contributed by atoms with Crippen molar-refractivity contribution in [3.63, 3.8) is 0 Å². The molecule has 1 N–H and O–H groups in total. The maximum Gasteiger partial charge on any atom is 0.310 e. The molecule has 15 heavy (non-hydrogen) atoms. The lowest BCUT2D eigenvalue weighted by molar-refractivity contribution is -0.146. The predicted molar refractivity (Wildman–Crippen MR) is 56.4 cm³/mol. The first-order chi connectivity index (χ1) is 7.09. The van der Waals surface area contributed by atoms with E-state index >= 15 is 0 Å². The number of nitrogens with zero attached hydrogens (tertiary/aromatic N) is 1. The number of aliphatic carboxylic acids is 1. The van der Waals surface area contributed by atoms with Crippen LogP contribution in [0.25, 0.3) is 0 Å². The first-order valence-electron chi connectivity index (χ1n) is 4.34. The van der Waals surface area contributed by atoms with Gasteiger partial charge in [0, 0.05) is 13.1 Å². The van der Waals surface area contributed by atoms with E-state index in [0.717, 1.165) is 0 Å². The number of amides is 1. The van der Waals surface area contributed by atoms with Crippen molar-refractivity contribution in [1.29, 1.82) is 0 Å². The number of carbonyl (C=O) groups is 2. The average Bonchev–Trinajstić information content (AvgIpc) is 2.47. The number of rotatable bonds is 2. The second-order valence-corrected chi connectivity index (χ2v) is 4.67. The fraction of sp³-hybridized carbons (Fsp3) is 0.333. The van der Waals surface area contributed by atoms with Crippen molar-refractivity contribution in [2.45, 2.75) is 0 Å². The number of carboxylic acids is 1. The minimum atomic E-state index is -0.851. The Kier molecular flexibility index (Phi) is 2.67. The number of hydrogen-bond acceptors (Lipinski definition) is 3. The highest BCUT2D eigenvalue weighted by atomic mass is 35.5. The summed E-state index contributed by atoms with van der Waals surface area (Å²) >= 11 is 7.08. The highest BCUT2D eigenvalue weighted by Gasteiger charge is 2.36. The quantitative estimate of drug-likeness (QED) is 0.860. The monoisotopic (exact) mass is 245 g/mol. The van der Waals surface area contributed by atoms with Crippen molar-refractivity contribution >= 4 is 34.8 Å². The third-order valence-electron chi connectivity index (χ3n) is 2.33. The summed E-state index contributed by atoms with van der Waals surface area (Å²) in [4.78, 5) is 24.3. The van der Waals surface area contributed by atoms with Crippen molar-refractivity contribution in [3.8, 4) is 0 Å². The van der Waals surface area contributed by atoms with Crippen molar-refractivity contribution in [2.24, 2.45) is 5.92 Å². The number of carboxylic acid groups (broad SMARTS) is 1. The Morgan fingerprint density at radius 3 is 2.67 bits per heavy atom. The Balaban J connectivity index is 2.01. The van der Waals surface area contributed by atoms with E-state index in [9.17, 15) is 9.59 Å². The second-order valence-electron chi connectivity index (χ2n) is 3.34. The van der Waals surface area contributed by atoms with Crippen LogP contribution in [0.4, 0.5) is 0 Å². The molecule has 0 aliphatic carbocycles. The van der Waals surface area contributed by atoms with E-state index < -0.39 is 11.9 Å². The maximum absolute atomic E-state index is 11.7. The molecule has 1 fully saturated rings. The number of halogens is 1. The van der Waals surface area contributed by atoms with E-state index in [1.165, 1.54) is 16.2 Å². The molecule has 0 saturated carbocycles. The van der Waals surface area contributed by atoms with Crippen LogP contribution >= 0.6 is 22.9 Å². The van der Waals surface area contributed by atoms with Crippen LogP contribution in [0.15, 0.2) is 11.4 Å². The molecular weight excluding hydrogens is 238 g/mol. The van der Waals surface area contributed by atoms with Crippen LogP contribution in [0.3, 0.4) is 0 Å². The molecule has 2 rings (SSSR count). The largest absolute Gasteiger partial charge is 0.481 e. The van der Waals surface area contributed by atoms with E-state index in [1.807, 2.05) is 0 Å². The Morgan fingerprint density at radius 2 is 2.20 bits per heavy atom. The van der Waals surface area contributed by atoms with Gasteiger partial charge in [-0.1, -0.05) is 11.6 Å². The molecule has 0 bridgehead atoms. The van der Waals surface area contributed by atoms with E-state index in [4.69, 9.17) is 16.7 Å². The molecule has 0 unspecified atom stereocenters. The normalized spacial score (nSPS) is 16.2. The molecule has 2 heterocycles. The van der Waals surface area contributed by atoms with Crippen LogP contribution in [0, 0.1) is 5.92 Å². The maximum atomic E-state index is 11.7. The Labute approximate surface area is 95.1 Å². The molecule has 1 aromatic rings. The van der Waals surface area contributed by atoms with Gasteiger partial charge in [0.2, 0.25) is 0 Å². The van der Waals surface area contributed by atoms with Crippen LogP contribution in [-0.2, 0) is 4.79 Å². The molecular formula is C9H8ClNO3S. The molecule has 80 valence electrons. The van der Waals surface area contributed by atoms with Gasteiger partial charge >= 0.3 is 5.97 Å². The van der Waals surface area contributed by atoms with E-state index in [0.29, 0.717) is 9.90 Å². The van der Waals surface area contributed by atoms with Gasteiger partial charge in [0.1, 0.15) is 4.88 Å². The average molecular weight is 246 g/mol. The summed E-state index contributed by atoms with van der Waals surface area (Å²) in [6, 6.07) is 1.66. The molecule has 1 saturated heterocycles. The summed E-state index contributed by atoms with van der Waals surface area (Å²) in [6.45, 7) is 0.560. The summed E-state index contributed by atoms with van der Waals surface area (Å²) in [5.74, 6) is -1.45. The van der Waals surface area contributed by atoms with Gasteiger partial charge in [-0.2, -0.15) is 0 Å².